The lowest BCUT2D eigenvalue weighted by molar-refractivity contribution is 0.457. The molecular formula is C16H13BrN2O. The Kier molecular flexibility index (Phi) is 3.56. The fourth-order valence-corrected chi connectivity index (χ4v) is 2.49. The number of rotatable bonds is 3. The SMILES string of the molecule is Oc1[nH]c2ccc(Br)cc2c1C=NCc1ccccc1. The van der Waals surface area contributed by atoms with Crippen molar-refractivity contribution in [3.63, 3.8) is 0 Å². The highest BCUT2D eigenvalue weighted by Crippen LogP contribution is 2.28. The van der Waals surface area contributed by atoms with Crippen LogP contribution in [0.4, 0.5) is 0 Å². The summed E-state index contributed by atoms with van der Waals surface area (Å²) >= 11 is 3.44. The van der Waals surface area contributed by atoms with Crippen LogP contribution in [0.2, 0.25) is 0 Å². The number of H-pyrrole nitrogens is 1. The molecule has 1 aromatic heterocycles. The van der Waals surface area contributed by atoms with Gasteiger partial charge in [0.2, 0.25) is 0 Å². The summed E-state index contributed by atoms with van der Waals surface area (Å²) in [5.74, 6) is 0.148. The zero-order valence-electron chi connectivity index (χ0n) is 10.7. The van der Waals surface area contributed by atoms with Gasteiger partial charge in [0.15, 0.2) is 5.88 Å². The fraction of sp³-hybridized carbons (Fsp3) is 0.0625. The molecule has 1 heterocycles. The van der Waals surface area contributed by atoms with E-state index in [0.717, 1.165) is 26.5 Å². The fourth-order valence-electron chi connectivity index (χ4n) is 2.13. The van der Waals surface area contributed by atoms with Crippen LogP contribution in [0.3, 0.4) is 0 Å². The van der Waals surface area contributed by atoms with Crippen molar-refractivity contribution in [1.29, 1.82) is 0 Å². The first-order valence-corrected chi connectivity index (χ1v) is 7.07. The van der Waals surface area contributed by atoms with E-state index in [0.29, 0.717) is 6.54 Å². The van der Waals surface area contributed by atoms with Gasteiger partial charge in [0.1, 0.15) is 0 Å². The van der Waals surface area contributed by atoms with Crippen LogP contribution in [0.5, 0.6) is 5.88 Å². The number of hydrogen-bond donors (Lipinski definition) is 2. The Morgan fingerprint density at radius 3 is 2.75 bits per heavy atom. The van der Waals surface area contributed by atoms with Gasteiger partial charge in [-0.3, -0.25) is 4.99 Å². The third-order valence-electron chi connectivity index (χ3n) is 3.12. The summed E-state index contributed by atoms with van der Waals surface area (Å²) in [6, 6.07) is 15.9. The van der Waals surface area contributed by atoms with Crippen LogP contribution in [0.25, 0.3) is 10.9 Å². The maximum atomic E-state index is 9.96. The zero-order valence-corrected chi connectivity index (χ0v) is 12.3. The number of aliphatic imine (C=N–C) groups is 1. The summed E-state index contributed by atoms with van der Waals surface area (Å²) in [4.78, 5) is 7.35. The van der Waals surface area contributed by atoms with Crippen LogP contribution < -0.4 is 0 Å². The molecule has 0 aliphatic heterocycles. The third-order valence-corrected chi connectivity index (χ3v) is 3.61. The average molecular weight is 329 g/mol. The first kappa shape index (κ1) is 12.9. The second-order valence-electron chi connectivity index (χ2n) is 4.53. The van der Waals surface area contributed by atoms with Gasteiger partial charge in [0.25, 0.3) is 0 Å². The molecular weight excluding hydrogens is 316 g/mol. The lowest BCUT2D eigenvalue weighted by atomic mass is 10.2. The van der Waals surface area contributed by atoms with Crippen molar-refractivity contribution in [3.05, 3.63) is 64.1 Å². The van der Waals surface area contributed by atoms with E-state index in [2.05, 4.69) is 25.9 Å². The molecule has 20 heavy (non-hydrogen) atoms. The Balaban J connectivity index is 1.90. The van der Waals surface area contributed by atoms with Crippen molar-refractivity contribution in [3.8, 4) is 5.88 Å². The Hall–Kier alpha value is -2.07. The van der Waals surface area contributed by atoms with Gasteiger partial charge in [0.05, 0.1) is 12.1 Å². The highest BCUT2D eigenvalue weighted by molar-refractivity contribution is 9.10. The lowest BCUT2D eigenvalue weighted by Crippen LogP contribution is -1.84. The number of benzene rings is 2. The predicted octanol–water partition coefficient (Wildman–Crippen LogP) is 4.26. The van der Waals surface area contributed by atoms with Crippen molar-refractivity contribution in [2.75, 3.05) is 0 Å². The number of nitrogens with one attached hydrogen (secondary N) is 1. The predicted molar refractivity (Wildman–Crippen MR) is 85.4 cm³/mol. The molecule has 0 unspecified atom stereocenters. The molecule has 3 aromatic rings. The Morgan fingerprint density at radius 2 is 1.95 bits per heavy atom. The average Bonchev–Trinajstić information content (AvgIpc) is 2.76. The van der Waals surface area contributed by atoms with Gasteiger partial charge in [-0.25, -0.2) is 0 Å². The quantitative estimate of drug-likeness (QED) is 0.693. The third kappa shape index (κ3) is 2.60. The number of halogens is 1. The number of hydrogen-bond acceptors (Lipinski definition) is 2. The largest absolute Gasteiger partial charge is 0.494 e. The van der Waals surface area contributed by atoms with Crippen LogP contribution in [0.15, 0.2) is 58.0 Å². The molecule has 0 bridgehead atoms. The van der Waals surface area contributed by atoms with Crippen molar-refractivity contribution >= 4 is 33.0 Å². The number of aromatic amines is 1. The van der Waals surface area contributed by atoms with Gasteiger partial charge in [-0.1, -0.05) is 46.3 Å². The normalized spacial score (nSPS) is 11.4. The summed E-state index contributed by atoms with van der Waals surface area (Å²) in [6.07, 6.45) is 1.72. The number of aromatic hydroxyl groups is 1. The summed E-state index contributed by atoms with van der Waals surface area (Å²) in [5.41, 5.74) is 2.76. The molecule has 0 aliphatic rings. The van der Waals surface area contributed by atoms with E-state index < -0.39 is 0 Å². The topological polar surface area (TPSA) is 48.4 Å². The summed E-state index contributed by atoms with van der Waals surface area (Å²) in [6.45, 7) is 0.598. The van der Waals surface area contributed by atoms with Gasteiger partial charge < -0.3 is 10.1 Å². The maximum Gasteiger partial charge on any atom is 0.198 e. The molecule has 3 nitrogen and oxygen atoms in total. The first-order valence-electron chi connectivity index (χ1n) is 6.28. The highest BCUT2D eigenvalue weighted by Gasteiger charge is 2.08. The molecule has 2 aromatic carbocycles. The van der Waals surface area contributed by atoms with Gasteiger partial charge >= 0.3 is 0 Å². The molecule has 0 fully saturated rings. The molecule has 0 atom stereocenters. The smallest absolute Gasteiger partial charge is 0.198 e. The van der Waals surface area contributed by atoms with Crippen molar-refractivity contribution in [2.45, 2.75) is 6.54 Å². The van der Waals surface area contributed by atoms with E-state index in [1.54, 1.807) is 6.21 Å². The molecule has 4 heteroatoms. The standard InChI is InChI=1S/C16H13BrN2O/c17-12-6-7-15-13(8-12)14(16(20)19-15)10-18-9-11-4-2-1-3-5-11/h1-8,10,19-20H,9H2. The first-order chi connectivity index (χ1) is 9.74. The summed E-state index contributed by atoms with van der Waals surface area (Å²) in [5, 5.41) is 10.9. The second kappa shape index (κ2) is 5.51. The van der Waals surface area contributed by atoms with E-state index in [4.69, 9.17) is 0 Å². The number of nitrogens with zero attached hydrogens (tertiary/aromatic N) is 1. The van der Waals surface area contributed by atoms with Crippen LogP contribution >= 0.6 is 15.9 Å². The lowest BCUT2D eigenvalue weighted by Gasteiger charge is -1.96. The van der Waals surface area contributed by atoms with Gasteiger partial charge in [0, 0.05) is 21.6 Å². The van der Waals surface area contributed by atoms with E-state index in [9.17, 15) is 5.11 Å². The zero-order chi connectivity index (χ0) is 13.9. The second-order valence-corrected chi connectivity index (χ2v) is 5.45. The molecule has 3 rings (SSSR count). The summed E-state index contributed by atoms with van der Waals surface area (Å²) < 4.78 is 0.974. The van der Waals surface area contributed by atoms with Gasteiger partial charge in [-0.15, -0.1) is 0 Å². The van der Waals surface area contributed by atoms with Gasteiger partial charge in [-0.05, 0) is 23.8 Å². The Bertz CT molecular complexity index is 763. The van der Waals surface area contributed by atoms with E-state index in [-0.39, 0.29) is 5.88 Å². The minimum atomic E-state index is 0.148. The van der Waals surface area contributed by atoms with Crippen LogP contribution in [0.1, 0.15) is 11.1 Å². The minimum Gasteiger partial charge on any atom is -0.494 e. The van der Waals surface area contributed by atoms with Crippen molar-refractivity contribution in [2.24, 2.45) is 4.99 Å². The molecule has 0 amide bonds. The van der Waals surface area contributed by atoms with E-state index in [1.807, 2.05) is 48.5 Å². The molecule has 2 N–H and O–H groups in total. The van der Waals surface area contributed by atoms with Crippen LogP contribution in [-0.4, -0.2) is 16.3 Å². The van der Waals surface area contributed by atoms with E-state index in [1.165, 1.54) is 0 Å². The van der Waals surface area contributed by atoms with E-state index >= 15 is 0 Å². The monoisotopic (exact) mass is 328 g/mol. The van der Waals surface area contributed by atoms with Crippen LogP contribution in [0, 0.1) is 0 Å². The minimum absolute atomic E-state index is 0.148. The molecule has 0 saturated carbocycles. The Morgan fingerprint density at radius 1 is 1.15 bits per heavy atom. The van der Waals surface area contributed by atoms with Gasteiger partial charge in [-0.2, -0.15) is 0 Å². The Labute approximate surface area is 125 Å². The van der Waals surface area contributed by atoms with Crippen molar-refractivity contribution < 1.29 is 5.11 Å². The molecule has 0 radical (unpaired) electrons. The maximum absolute atomic E-state index is 9.96. The molecule has 0 aliphatic carbocycles. The van der Waals surface area contributed by atoms with Crippen LogP contribution in [-0.2, 0) is 6.54 Å². The highest BCUT2D eigenvalue weighted by atomic mass is 79.9. The molecule has 0 saturated heterocycles. The molecule has 0 spiro atoms. The molecule has 100 valence electrons. The summed E-state index contributed by atoms with van der Waals surface area (Å²) in [7, 11) is 0. The van der Waals surface area contributed by atoms with Crippen molar-refractivity contribution in [1.82, 2.24) is 4.98 Å². The number of fused-ring (bicyclic) bond motifs is 1. The number of aromatic nitrogens is 1.